The average Bonchev–Trinajstić information content (AvgIpc) is 2.89. The lowest BCUT2D eigenvalue weighted by molar-refractivity contribution is -0.0501. The van der Waals surface area contributed by atoms with Crippen LogP contribution in [0.2, 0.25) is 0 Å². The molecule has 0 saturated carbocycles. The van der Waals surface area contributed by atoms with Gasteiger partial charge in [0.25, 0.3) is 5.91 Å². The summed E-state index contributed by atoms with van der Waals surface area (Å²) >= 11 is 0. The molecule has 0 spiro atoms. The molecule has 0 fully saturated rings. The van der Waals surface area contributed by atoms with Gasteiger partial charge in [0.05, 0.1) is 12.1 Å². The molecule has 19 heavy (non-hydrogen) atoms. The Hall–Kier alpha value is -2.58. The summed E-state index contributed by atoms with van der Waals surface area (Å²) in [6.07, 6.45) is 0. The maximum atomic E-state index is 12.2. The highest BCUT2D eigenvalue weighted by atomic mass is 19.3. The number of aromatic amines is 1. The molecule has 0 aliphatic carbocycles. The number of H-pyrrole nitrogens is 1. The van der Waals surface area contributed by atoms with E-state index in [1.807, 2.05) is 0 Å². The first-order valence-corrected chi connectivity index (χ1v) is 5.21. The summed E-state index contributed by atoms with van der Waals surface area (Å²) < 4.78 is 28.6. The third kappa shape index (κ3) is 3.44. The minimum Gasteiger partial charge on any atom is -0.434 e. The number of tetrazole rings is 1. The van der Waals surface area contributed by atoms with Gasteiger partial charge < -0.3 is 10.1 Å². The van der Waals surface area contributed by atoms with E-state index < -0.39 is 12.5 Å². The SMILES string of the molecule is O=C(NCc1nn[nH]n1)c1ccccc1OC(F)F. The molecule has 0 aliphatic rings. The number of hydrogen-bond donors (Lipinski definition) is 2. The van der Waals surface area contributed by atoms with E-state index in [1.54, 1.807) is 6.07 Å². The second-order valence-corrected chi connectivity index (χ2v) is 3.39. The normalized spacial score (nSPS) is 10.5. The standard InChI is InChI=1S/C10H9F2N5O2/c11-10(12)19-7-4-2-1-3-6(7)9(18)13-5-8-14-16-17-15-8/h1-4,10H,5H2,(H,13,18)(H,14,15,16,17). The van der Waals surface area contributed by atoms with E-state index in [0.29, 0.717) is 0 Å². The number of ether oxygens (including phenoxy) is 1. The van der Waals surface area contributed by atoms with Crippen LogP contribution in [0.1, 0.15) is 16.2 Å². The summed E-state index contributed by atoms with van der Waals surface area (Å²) in [5.41, 5.74) is 0.00583. The van der Waals surface area contributed by atoms with Crippen LogP contribution in [0.15, 0.2) is 24.3 Å². The number of aromatic nitrogens is 4. The van der Waals surface area contributed by atoms with Gasteiger partial charge in [0.2, 0.25) is 0 Å². The number of amides is 1. The monoisotopic (exact) mass is 269 g/mol. The van der Waals surface area contributed by atoms with E-state index in [9.17, 15) is 13.6 Å². The highest BCUT2D eigenvalue weighted by Crippen LogP contribution is 2.19. The zero-order valence-electron chi connectivity index (χ0n) is 9.51. The Morgan fingerprint density at radius 3 is 2.89 bits per heavy atom. The fourth-order valence-electron chi connectivity index (χ4n) is 1.36. The van der Waals surface area contributed by atoms with Crippen LogP contribution >= 0.6 is 0 Å². The fourth-order valence-corrected chi connectivity index (χ4v) is 1.36. The number of alkyl halides is 2. The van der Waals surface area contributed by atoms with Crippen LogP contribution in [-0.2, 0) is 6.54 Å². The van der Waals surface area contributed by atoms with Gasteiger partial charge in [-0.3, -0.25) is 4.79 Å². The van der Waals surface area contributed by atoms with Gasteiger partial charge in [0.15, 0.2) is 5.82 Å². The van der Waals surface area contributed by atoms with Crippen LogP contribution in [0, 0.1) is 0 Å². The van der Waals surface area contributed by atoms with E-state index in [0.717, 1.165) is 0 Å². The van der Waals surface area contributed by atoms with Gasteiger partial charge in [0.1, 0.15) is 5.75 Å². The first-order chi connectivity index (χ1) is 9.16. The highest BCUT2D eigenvalue weighted by Gasteiger charge is 2.15. The molecule has 0 saturated heterocycles. The first kappa shape index (κ1) is 12.9. The molecular weight excluding hydrogens is 260 g/mol. The molecular formula is C10H9F2N5O2. The number of halogens is 2. The zero-order valence-corrected chi connectivity index (χ0v) is 9.51. The third-order valence-corrected chi connectivity index (χ3v) is 2.14. The fraction of sp³-hybridized carbons (Fsp3) is 0.200. The molecule has 0 bridgehead atoms. The number of rotatable bonds is 5. The Labute approximate surface area is 106 Å². The van der Waals surface area contributed by atoms with Crippen molar-refractivity contribution in [1.82, 2.24) is 25.9 Å². The Balaban J connectivity index is 2.06. The Morgan fingerprint density at radius 1 is 1.42 bits per heavy atom. The average molecular weight is 269 g/mol. The van der Waals surface area contributed by atoms with E-state index in [2.05, 4.69) is 30.7 Å². The van der Waals surface area contributed by atoms with Gasteiger partial charge in [-0.25, -0.2) is 0 Å². The molecule has 0 radical (unpaired) electrons. The molecule has 2 N–H and O–H groups in total. The number of nitrogens with one attached hydrogen (secondary N) is 2. The minimum atomic E-state index is -2.99. The lowest BCUT2D eigenvalue weighted by atomic mass is 10.2. The predicted molar refractivity (Wildman–Crippen MR) is 58.4 cm³/mol. The maximum Gasteiger partial charge on any atom is 0.387 e. The molecule has 1 heterocycles. The van der Waals surface area contributed by atoms with Crippen LogP contribution in [0.25, 0.3) is 0 Å². The van der Waals surface area contributed by atoms with Gasteiger partial charge in [-0.05, 0) is 12.1 Å². The van der Waals surface area contributed by atoms with E-state index in [4.69, 9.17) is 0 Å². The molecule has 0 aliphatic heterocycles. The van der Waals surface area contributed by atoms with Crippen LogP contribution in [0.3, 0.4) is 0 Å². The zero-order chi connectivity index (χ0) is 13.7. The molecule has 9 heteroatoms. The Bertz CT molecular complexity index is 547. The summed E-state index contributed by atoms with van der Waals surface area (Å²) in [5, 5.41) is 15.3. The predicted octanol–water partition coefficient (Wildman–Crippen LogP) is 0.731. The summed E-state index contributed by atoms with van der Waals surface area (Å²) in [7, 11) is 0. The van der Waals surface area contributed by atoms with Crippen molar-refractivity contribution < 1.29 is 18.3 Å². The molecule has 1 aromatic carbocycles. The van der Waals surface area contributed by atoms with Crippen molar-refractivity contribution in [3.05, 3.63) is 35.7 Å². The number of nitrogens with zero attached hydrogens (tertiary/aromatic N) is 3. The van der Waals surface area contributed by atoms with Gasteiger partial charge in [-0.1, -0.05) is 17.3 Å². The second-order valence-electron chi connectivity index (χ2n) is 3.39. The smallest absolute Gasteiger partial charge is 0.387 e. The number of carbonyl (C=O) groups excluding carboxylic acids is 1. The van der Waals surface area contributed by atoms with Crippen molar-refractivity contribution in [2.75, 3.05) is 0 Å². The van der Waals surface area contributed by atoms with Gasteiger partial charge in [-0.2, -0.15) is 14.0 Å². The molecule has 1 amide bonds. The molecule has 0 unspecified atom stereocenters. The van der Waals surface area contributed by atoms with Crippen molar-refractivity contribution in [3.63, 3.8) is 0 Å². The van der Waals surface area contributed by atoms with E-state index >= 15 is 0 Å². The second kappa shape index (κ2) is 5.85. The van der Waals surface area contributed by atoms with Gasteiger partial charge in [-0.15, -0.1) is 10.2 Å². The topological polar surface area (TPSA) is 92.8 Å². The van der Waals surface area contributed by atoms with Crippen molar-refractivity contribution in [2.45, 2.75) is 13.2 Å². The van der Waals surface area contributed by atoms with E-state index in [1.165, 1.54) is 18.2 Å². The van der Waals surface area contributed by atoms with Crippen LogP contribution in [0.4, 0.5) is 8.78 Å². The van der Waals surface area contributed by atoms with Gasteiger partial charge in [0, 0.05) is 0 Å². The number of carbonyl (C=O) groups is 1. The molecule has 0 atom stereocenters. The first-order valence-electron chi connectivity index (χ1n) is 5.21. The Kier molecular flexibility index (Phi) is 3.96. The summed E-state index contributed by atoms with van der Waals surface area (Å²) in [4.78, 5) is 11.8. The summed E-state index contributed by atoms with van der Waals surface area (Å²) in [6.45, 7) is -2.97. The molecule has 2 aromatic rings. The van der Waals surface area contributed by atoms with Crippen LogP contribution in [0.5, 0.6) is 5.75 Å². The van der Waals surface area contributed by atoms with Crippen LogP contribution < -0.4 is 10.1 Å². The number of benzene rings is 1. The summed E-state index contributed by atoms with van der Waals surface area (Å²) in [6, 6.07) is 5.70. The lowest BCUT2D eigenvalue weighted by Crippen LogP contribution is -2.24. The Morgan fingerprint density at radius 2 is 2.21 bits per heavy atom. The number of para-hydroxylation sites is 1. The van der Waals surface area contributed by atoms with Gasteiger partial charge >= 0.3 is 6.61 Å². The lowest BCUT2D eigenvalue weighted by Gasteiger charge is -2.09. The maximum absolute atomic E-state index is 12.2. The third-order valence-electron chi connectivity index (χ3n) is 2.14. The molecule has 7 nitrogen and oxygen atoms in total. The van der Waals surface area contributed by atoms with Crippen molar-refractivity contribution in [3.8, 4) is 5.75 Å². The number of hydrogen-bond acceptors (Lipinski definition) is 5. The summed E-state index contributed by atoms with van der Waals surface area (Å²) in [5.74, 6) is -0.482. The molecule has 2 rings (SSSR count). The van der Waals surface area contributed by atoms with Crippen LogP contribution in [-0.4, -0.2) is 33.1 Å². The quantitative estimate of drug-likeness (QED) is 0.834. The van der Waals surface area contributed by atoms with Crippen molar-refractivity contribution in [2.24, 2.45) is 0 Å². The molecule has 1 aromatic heterocycles. The highest BCUT2D eigenvalue weighted by molar-refractivity contribution is 5.96. The van der Waals surface area contributed by atoms with Crippen molar-refractivity contribution >= 4 is 5.91 Å². The molecule has 100 valence electrons. The van der Waals surface area contributed by atoms with Crippen molar-refractivity contribution in [1.29, 1.82) is 0 Å². The largest absolute Gasteiger partial charge is 0.434 e. The minimum absolute atomic E-state index is 0.00583. The van der Waals surface area contributed by atoms with E-state index in [-0.39, 0.29) is 23.7 Å².